The molecule has 1 unspecified atom stereocenters. The summed E-state index contributed by atoms with van der Waals surface area (Å²) >= 11 is 0. The fourth-order valence-electron chi connectivity index (χ4n) is 3.91. The third kappa shape index (κ3) is 43.8. The van der Waals surface area contributed by atoms with Crippen molar-refractivity contribution in [2.24, 2.45) is 0 Å². The number of amides is 1. The maximum absolute atomic E-state index is 11.5. The molecule has 1 radical (unpaired) electrons. The Bertz CT molecular complexity index is 580. The van der Waals surface area contributed by atoms with E-state index in [1.807, 2.05) is 27.7 Å². The van der Waals surface area contributed by atoms with Gasteiger partial charge in [-0.05, 0) is 33.2 Å². The number of aldehydes is 1. The van der Waals surface area contributed by atoms with Crippen molar-refractivity contribution in [3.05, 3.63) is 5.73 Å². The molecule has 9 heteroatoms. The number of aliphatic carboxylic acids is 1. The quantitative estimate of drug-likeness (QED) is 0.0656. The number of hydrogen-bond donors (Lipinski definition) is 3. The summed E-state index contributed by atoms with van der Waals surface area (Å²) in [5.74, 6) is -1.28. The third-order valence-electron chi connectivity index (χ3n) is 6.46. The Morgan fingerprint density at radius 2 is 1.21 bits per heavy atom. The first-order valence-electron chi connectivity index (χ1n) is 16.6. The fourth-order valence-corrected chi connectivity index (χ4v) is 3.91. The van der Waals surface area contributed by atoms with E-state index in [1.54, 1.807) is 7.05 Å². The number of nitrogens with one attached hydrogen (secondary N) is 3. The van der Waals surface area contributed by atoms with Crippen LogP contribution in [0.1, 0.15) is 164 Å². The SMILES string of the molecule is CC.CC.CCCCCCCCCCCCCCCC=O.CN[C@@H](CCC(=O)NCCCCC([NH-])C(C)=O)C(=O)O.[Y]. The predicted molar refractivity (Wildman–Crippen MR) is 174 cm³/mol. The zero-order valence-corrected chi connectivity index (χ0v) is 31.4. The molecule has 0 spiro atoms. The second kappa shape index (κ2) is 44.7. The second-order valence-corrected chi connectivity index (χ2v) is 9.93. The van der Waals surface area contributed by atoms with Gasteiger partial charge in [-0.2, -0.15) is 0 Å². The standard InChI is InChI=1S/C16H32O.C13H24N3O4.2C2H6.Y/c1-2-3-4-5-6-7-8-9-10-11-12-13-14-15-16-17;1-9(17)10(14)5-3-4-8-16-12(18)7-6-11(15-2)13(19)20;2*1-2;/h16H,2-15H2,1H3;10-11,14-15H,3-8H2,1-2H3,(H,16,18)(H,19,20);2*1-2H3;/q;-1;;;/t;10?,11-;;;/m.0.../s1. The molecule has 0 aliphatic carbocycles. The minimum absolute atomic E-state index is 0. The summed E-state index contributed by atoms with van der Waals surface area (Å²) < 4.78 is 0. The van der Waals surface area contributed by atoms with Crippen LogP contribution >= 0.6 is 0 Å². The Kier molecular flexibility index (Phi) is 54.2. The molecule has 0 rings (SSSR count). The molecule has 0 aromatic rings. The van der Waals surface area contributed by atoms with Crippen LogP contribution in [0, 0.1) is 0 Å². The van der Waals surface area contributed by atoms with Crippen molar-refractivity contribution < 1.29 is 57.0 Å². The Morgan fingerprint density at radius 1 is 0.762 bits per heavy atom. The fraction of sp³-hybridized carbons (Fsp3) is 0.879. The number of rotatable bonds is 25. The maximum atomic E-state index is 11.5. The second-order valence-electron chi connectivity index (χ2n) is 9.93. The molecule has 0 aromatic carbocycles. The topological polar surface area (TPSA) is 136 Å². The normalized spacial score (nSPS) is 11.0. The molecule has 0 bridgehead atoms. The van der Waals surface area contributed by atoms with Crippen LogP contribution in [0.5, 0.6) is 0 Å². The van der Waals surface area contributed by atoms with Gasteiger partial charge in [-0.15, -0.1) is 0 Å². The summed E-state index contributed by atoms with van der Waals surface area (Å²) in [6.07, 6.45) is 22.0. The molecule has 0 saturated carbocycles. The van der Waals surface area contributed by atoms with Crippen LogP contribution in [0.3, 0.4) is 0 Å². The van der Waals surface area contributed by atoms with Crippen LogP contribution in [0.4, 0.5) is 0 Å². The summed E-state index contributed by atoms with van der Waals surface area (Å²) in [5, 5.41) is 14.1. The molecule has 0 aromatic heterocycles. The van der Waals surface area contributed by atoms with Gasteiger partial charge < -0.3 is 31.1 Å². The number of carboxylic acid groups (broad SMARTS) is 1. The van der Waals surface area contributed by atoms with Crippen LogP contribution < -0.4 is 10.6 Å². The van der Waals surface area contributed by atoms with E-state index in [0.29, 0.717) is 25.8 Å². The minimum atomic E-state index is -0.967. The van der Waals surface area contributed by atoms with Gasteiger partial charge in [-0.1, -0.05) is 131 Å². The molecule has 2 atom stereocenters. The number of unbranched alkanes of at least 4 members (excludes halogenated alkanes) is 14. The van der Waals surface area contributed by atoms with E-state index in [-0.39, 0.29) is 57.2 Å². The Morgan fingerprint density at radius 3 is 1.60 bits per heavy atom. The number of ketones is 1. The van der Waals surface area contributed by atoms with E-state index in [4.69, 9.17) is 10.8 Å². The number of hydrogen-bond acceptors (Lipinski definition) is 5. The van der Waals surface area contributed by atoms with Crippen molar-refractivity contribution in [1.29, 1.82) is 0 Å². The zero-order chi connectivity index (χ0) is 32.2. The molecule has 0 saturated heterocycles. The Labute approximate surface area is 285 Å². The van der Waals surface area contributed by atoms with Gasteiger partial charge in [-0.25, -0.2) is 0 Å². The van der Waals surface area contributed by atoms with Gasteiger partial charge in [0, 0.05) is 52.1 Å². The van der Waals surface area contributed by atoms with E-state index >= 15 is 0 Å². The van der Waals surface area contributed by atoms with Gasteiger partial charge in [0.1, 0.15) is 18.1 Å². The van der Waals surface area contributed by atoms with Gasteiger partial charge in [0.05, 0.1) is 0 Å². The van der Waals surface area contributed by atoms with Gasteiger partial charge in [-0.3, -0.25) is 9.59 Å². The van der Waals surface area contributed by atoms with Crippen molar-refractivity contribution in [2.75, 3.05) is 13.6 Å². The monoisotopic (exact) mass is 675 g/mol. The van der Waals surface area contributed by atoms with Crippen LogP contribution in [-0.2, 0) is 51.9 Å². The number of carboxylic acids is 1. The first-order chi connectivity index (χ1) is 19.8. The van der Waals surface area contributed by atoms with Gasteiger partial charge in [0.2, 0.25) is 5.91 Å². The predicted octanol–water partition coefficient (Wildman–Crippen LogP) is 8.45. The van der Waals surface area contributed by atoms with Gasteiger partial charge in [0.25, 0.3) is 0 Å². The Balaban J connectivity index is -0.000000192. The van der Waals surface area contributed by atoms with E-state index in [9.17, 15) is 19.2 Å². The smallest absolute Gasteiger partial charge is 0.320 e. The van der Waals surface area contributed by atoms with Crippen molar-refractivity contribution in [2.45, 2.75) is 176 Å². The van der Waals surface area contributed by atoms with Crippen molar-refractivity contribution in [3.63, 3.8) is 0 Å². The first kappa shape index (κ1) is 50.9. The number of likely N-dealkylation sites (N-methyl/N-ethyl adjacent to an activating group) is 1. The average molecular weight is 676 g/mol. The summed E-state index contributed by atoms with van der Waals surface area (Å²) in [6.45, 7) is 12.2. The molecule has 249 valence electrons. The minimum Gasteiger partial charge on any atom is -0.668 e. The van der Waals surface area contributed by atoms with Crippen LogP contribution in [0.25, 0.3) is 5.73 Å². The van der Waals surface area contributed by atoms with Crippen molar-refractivity contribution in [1.82, 2.24) is 10.6 Å². The third-order valence-corrected chi connectivity index (χ3v) is 6.46. The molecule has 0 aliphatic heterocycles. The molecular weight excluding hydrogens is 607 g/mol. The number of carbonyl (C=O) groups excluding carboxylic acids is 3. The summed E-state index contributed by atoms with van der Waals surface area (Å²) in [4.78, 5) is 43.1. The van der Waals surface area contributed by atoms with Crippen LogP contribution in [0.15, 0.2) is 0 Å². The molecule has 1 amide bonds. The number of carbonyl (C=O) groups is 4. The molecule has 8 nitrogen and oxygen atoms in total. The summed E-state index contributed by atoms with van der Waals surface area (Å²) in [5.41, 5.74) is 7.42. The van der Waals surface area contributed by atoms with Gasteiger partial charge in [0.15, 0.2) is 0 Å². The van der Waals surface area contributed by atoms with Crippen molar-refractivity contribution >= 4 is 23.9 Å². The molecule has 42 heavy (non-hydrogen) atoms. The molecule has 4 N–H and O–H groups in total. The van der Waals surface area contributed by atoms with E-state index in [2.05, 4.69) is 17.6 Å². The molecule has 0 aliphatic rings. The average Bonchev–Trinajstić information content (AvgIpc) is 2.97. The molecule has 0 heterocycles. The van der Waals surface area contributed by atoms with E-state index in [0.717, 1.165) is 19.1 Å². The van der Waals surface area contributed by atoms with E-state index in [1.165, 1.54) is 84.0 Å². The Hall–Kier alpha value is -0.696. The maximum Gasteiger partial charge on any atom is 0.320 e. The van der Waals surface area contributed by atoms with Crippen LogP contribution in [0.2, 0.25) is 0 Å². The summed E-state index contributed by atoms with van der Waals surface area (Å²) in [6, 6.07) is -1.38. The van der Waals surface area contributed by atoms with Gasteiger partial charge >= 0.3 is 5.97 Å². The van der Waals surface area contributed by atoms with Crippen molar-refractivity contribution in [3.8, 4) is 0 Å². The van der Waals surface area contributed by atoms with Crippen LogP contribution in [-0.4, -0.2) is 54.7 Å². The molecular formula is C33H68N3O5Y-. The molecule has 0 fully saturated rings. The number of Topliss-reactive ketones (excluding diaryl/α,β-unsaturated/α-hetero) is 1. The van der Waals surface area contributed by atoms with E-state index < -0.39 is 18.1 Å². The largest absolute Gasteiger partial charge is 0.668 e. The zero-order valence-electron chi connectivity index (χ0n) is 28.5. The summed E-state index contributed by atoms with van der Waals surface area (Å²) in [7, 11) is 1.54. The first-order valence-corrected chi connectivity index (χ1v) is 16.6.